The van der Waals surface area contributed by atoms with Crippen molar-refractivity contribution < 1.29 is 0 Å². The number of hydrogen-bond donors (Lipinski definition) is 0. The molecular weight excluding hydrogens is 423 g/mol. The first kappa shape index (κ1) is 19.9. The molecule has 0 N–H and O–H groups in total. The number of benzene rings is 3. The molecule has 0 heterocycles. The first-order chi connectivity index (χ1) is 13.7. The van der Waals surface area contributed by atoms with Crippen LogP contribution < -0.4 is 15.9 Å². The second kappa shape index (κ2) is 8.52. The summed E-state index contributed by atoms with van der Waals surface area (Å²) >= 11 is 4.67. The van der Waals surface area contributed by atoms with Gasteiger partial charge in [-0.2, -0.15) is 0 Å². The van der Waals surface area contributed by atoms with Crippen LogP contribution in [0.3, 0.4) is 0 Å². The summed E-state index contributed by atoms with van der Waals surface area (Å²) in [5, 5.41) is 1.62. The topological polar surface area (TPSA) is 0 Å². The van der Waals surface area contributed by atoms with E-state index in [0.29, 0.717) is 5.66 Å². The molecule has 1 aliphatic carbocycles. The average Bonchev–Trinajstić information content (AvgIpc) is 2.75. The van der Waals surface area contributed by atoms with Gasteiger partial charge in [0, 0.05) is 0 Å². The Kier molecular flexibility index (Phi) is 6.04. The molecule has 0 spiro atoms. The summed E-state index contributed by atoms with van der Waals surface area (Å²) in [5.74, 6) is 0. The van der Waals surface area contributed by atoms with Crippen molar-refractivity contribution >= 4 is 36.7 Å². The van der Waals surface area contributed by atoms with Crippen LogP contribution in [-0.2, 0) is 0 Å². The zero-order valence-corrected chi connectivity index (χ0v) is 19.0. The van der Waals surface area contributed by atoms with Crippen molar-refractivity contribution in [1.29, 1.82) is 0 Å². The number of rotatable bonds is 4. The number of halogens is 1. The molecular formula is C26H30BrP. The van der Waals surface area contributed by atoms with Crippen molar-refractivity contribution in [2.75, 3.05) is 0 Å². The Balaban J connectivity index is 2.06. The standard InChI is InChI=1S/C26H30BrP/c27-28(24-17-9-4-10-18-24,25-19-11-5-12-20-25,26-21-13-6-14-22-26)23-15-7-2-1-3-8-16-23/h4-6,9-14,17-23H,1-3,7-8,15-16H2. The summed E-state index contributed by atoms with van der Waals surface area (Å²) in [6, 6.07) is 33.9. The van der Waals surface area contributed by atoms with Crippen LogP contribution in [0.2, 0.25) is 0 Å². The molecule has 0 amide bonds. The monoisotopic (exact) mass is 452 g/mol. The van der Waals surface area contributed by atoms with Gasteiger partial charge in [0.2, 0.25) is 0 Å². The van der Waals surface area contributed by atoms with E-state index in [1.807, 2.05) is 0 Å². The van der Waals surface area contributed by atoms with Crippen LogP contribution in [0.4, 0.5) is 0 Å². The second-order valence-electron chi connectivity index (χ2n) is 8.08. The summed E-state index contributed by atoms with van der Waals surface area (Å²) in [6.45, 7) is 0. The fraction of sp³-hybridized carbons (Fsp3) is 0.308. The van der Waals surface area contributed by atoms with Gasteiger partial charge in [-0.1, -0.05) is 0 Å². The van der Waals surface area contributed by atoms with Crippen molar-refractivity contribution in [2.45, 2.75) is 50.6 Å². The molecule has 1 fully saturated rings. The van der Waals surface area contributed by atoms with Crippen molar-refractivity contribution in [3.05, 3.63) is 91.0 Å². The van der Waals surface area contributed by atoms with E-state index >= 15 is 0 Å². The Morgan fingerprint density at radius 1 is 0.500 bits per heavy atom. The van der Waals surface area contributed by atoms with Gasteiger partial charge < -0.3 is 0 Å². The van der Waals surface area contributed by atoms with E-state index in [-0.39, 0.29) is 0 Å². The van der Waals surface area contributed by atoms with E-state index in [0.717, 1.165) is 0 Å². The third kappa shape index (κ3) is 3.27. The van der Waals surface area contributed by atoms with Gasteiger partial charge in [0.15, 0.2) is 0 Å². The van der Waals surface area contributed by atoms with E-state index in [1.165, 1.54) is 60.9 Å². The van der Waals surface area contributed by atoms with Gasteiger partial charge in [-0.25, -0.2) is 0 Å². The Morgan fingerprint density at radius 3 is 1.18 bits per heavy atom. The Labute approximate surface area is 178 Å². The molecule has 0 aliphatic heterocycles. The minimum atomic E-state index is -2.78. The first-order valence-corrected chi connectivity index (χ1v) is 15.0. The van der Waals surface area contributed by atoms with E-state index in [9.17, 15) is 0 Å². The van der Waals surface area contributed by atoms with Gasteiger partial charge in [-0.3, -0.25) is 0 Å². The molecule has 3 aromatic carbocycles. The van der Waals surface area contributed by atoms with Gasteiger partial charge in [0.05, 0.1) is 0 Å². The van der Waals surface area contributed by atoms with Gasteiger partial charge in [-0.15, -0.1) is 0 Å². The van der Waals surface area contributed by atoms with Gasteiger partial charge >= 0.3 is 178 Å². The molecule has 0 atom stereocenters. The summed E-state index contributed by atoms with van der Waals surface area (Å²) in [4.78, 5) is 0. The summed E-state index contributed by atoms with van der Waals surface area (Å²) in [5.41, 5.74) is 0.624. The molecule has 28 heavy (non-hydrogen) atoms. The van der Waals surface area contributed by atoms with Crippen LogP contribution in [-0.4, -0.2) is 5.66 Å². The van der Waals surface area contributed by atoms with Crippen LogP contribution in [0.1, 0.15) is 44.9 Å². The van der Waals surface area contributed by atoms with Crippen molar-refractivity contribution in [2.24, 2.45) is 0 Å². The minimum absolute atomic E-state index is 0.624. The zero-order chi connectivity index (χ0) is 19.3. The van der Waals surface area contributed by atoms with E-state index < -0.39 is 5.31 Å². The normalized spacial score (nSPS) is 17.8. The first-order valence-electron chi connectivity index (χ1n) is 10.6. The summed E-state index contributed by atoms with van der Waals surface area (Å²) in [7, 11) is 0. The third-order valence-electron chi connectivity index (χ3n) is 6.54. The molecule has 0 aromatic heterocycles. The molecule has 0 radical (unpaired) electrons. The average molecular weight is 453 g/mol. The fourth-order valence-electron chi connectivity index (χ4n) is 5.16. The Hall–Kier alpha value is -1.43. The van der Waals surface area contributed by atoms with Gasteiger partial charge in [0.25, 0.3) is 0 Å². The van der Waals surface area contributed by atoms with Crippen LogP contribution >= 0.6 is 20.8 Å². The van der Waals surface area contributed by atoms with E-state index in [4.69, 9.17) is 0 Å². The molecule has 0 bridgehead atoms. The second-order valence-corrected chi connectivity index (χ2v) is 16.9. The van der Waals surface area contributed by atoms with Crippen LogP contribution in [0.15, 0.2) is 91.0 Å². The molecule has 3 aromatic rings. The van der Waals surface area contributed by atoms with Crippen LogP contribution in [0, 0.1) is 0 Å². The van der Waals surface area contributed by atoms with Crippen LogP contribution in [0.5, 0.6) is 0 Å². The maximum absolute atomic E-state index is 4.67. The molecule has 0 unspecified atom stereocenters. The van der Waals surface area contributed by atoms with Crippen molar-refractivity contribution in [3.8, 4) is 0 Å². The summed E-state index contributed by atoms with van der Waals surface area (Å²) in [6.07, 6.45) is 9.39. The zero-order valence-electron chi connectivity index (χ0n) is 16.5. The summed E-state index contributed by atoms with van der Waals surface area (Å²) < 4.78 is 0. The molecule has 0 saturated heterocycles. The third-order valence-corrected chi connectivity index (χ3v) is 17.8. The fourth-order valence-corrected chi connectivity index (χ4v) is 14.3. The Bertz CT molecular complexity index is 769. The maximum atomic E-state index is 4.67. The van der Waals surface area contributed by atoms with Gasteiger partial charge in [-0.05, 0) is 0 Å². The van der Waals surface area contributed by atoms with E-state index in [1.54, 1.807) is 0 Å². The Morgan fingerprint density at radius 2 is 0.821 bits per heavy atom. The molecule has 4 rings (SSSR count). The molecule has 2 heteroatoms. The van der Waals surface area contributed by atoms with Crippen LogP contribution in [0.25, 0.3) is 0 Å². The number of hydrogen-bond acceptors (Lipinski definition) is 0. The molecule has 1 saturated carbocycles. The van der Waals surface area contributed by atoms with Crippen molar-refractivity contribution in [3.63, 3.8) is 0 Å². The molecule has 1 aliphatic rings. The predicted molar refractivity (Wildman–Crippen MR) is 130 cm³/mol. The molecule has 0 nitrogen and oxygen atoms in total. The quantitative estimate of drug-likeness (QED) is 0.376. The van der Waals surface area contributed by atoms with Gasteiger partial charge in [0.1, 0.15) is 0 Å². The predicted octanol–water partition coefficient (Wildman–Crippen LogP) is 6.94. The van der Waals surface area contributed by atoms with Crippen molar-refractivity contribution in [1.82, 2.24) is 0 Å². The van der Waals surface area contributed by atoms with E-state index in [2.05, 4.69) is 106 Å². The molecule has 146 valence electrons. The SMILES string of the molecule is BrP(c1ccccc1)(c1ccccc1)(c1ccccc1)C1CCCCCCC1.